The summed E-state index contributed by atoms with van der Waals surface area (Å²) in [6, 6.07) is 3.81. The van der Waals surface area contributed by atoms with Crippen molar-refractivity contribution >= 4 is 11.3 Å². The Morgan fingerprint density at radius 1 is 1.30 bits per heavy atom. The number of thiazole rings is 1. The monoisotopic (exact) mass is 329 g/mol. The Kier molecular flexibility index (Phi) is 4.78. The molecule has 1 atom stereocenters. The van der Waals surface area contributed by atoms with E-state index >= 15 is 0 Å². The minimum Gasteiger partial charge on any atom is -0.337 e. The van der Waals surface area contributed by atoms with Crippen LogP contribution in [0.3, 0.4) is 0 Å². The van der Waals surface area contributed by atoms with Crippen molar-refractivity contribution in [3.8, 4) is 0 Å². The molecule has 0 spiro atoms. The number of hydrogen-bond acceptors (Lipinski definition) is 7. The second kappa shape index (κ2) is 6.97. The van der Waals surface area contributed by atoms with E-state index in [1.165, 1.54) is 0 Å². The van der Waals surface area contributed by atoms with Gasteiger partial charge in [0, 0.05) is 17.8 Å². The van der Waals surface area contributed by atoms with E-state index < -0.39 is 0 Å². The fourth-order valence-electron chi connectivity index (χ4n) is 2.40. The van der Waals surface area contributed by atoms with Crippen LogP contribution in [-0.2, 0) is 12.8 Å². The van der Waals surface area contributed by atoms with Crippen LogP contribution < -0.4 is 0 Å². The molecular weight excluding hydrogens is 310 g/mol. The van der Waals surface area contributed by atoms with Gasteiger partial charge < -0.3 is 4.52 Å². The molecule has 3 rings (SSSR count). The van der Waals surface area contributed by atoms with Crippen molar-refractivity contribution in [2.24, 2.45) is 0 Å². The van der Waals surface area contributed by atoms with Crippen LogP contribution >= 0.6 is 11.3 Å². The number of hydrogen-bond donors (Lipinski definition) is 0. The summed E-state index contributed by atoms with van der Waals surface area (Å²) >= 11 is 1.67. The predicted octanol–water partition coefficient (Wildman–Crippen LogP) is 2.73. The summed E-state index contributed by atoms with van der Waals surface area (Å²) in [5.74, 6) is 1.23. The molecular formula is C16H19N5OS. The van der Waals surface area contributed by atoms with Crippen molar-refractivity contribution in [1.29, 1.82) is 0 Å². The maximum atomic E-state index is 5.49. The fraction of sp³-hybridized carbons (Fsp3) is 0.375. The van der Waals surface area contributed by atoms with E-state index in [2.05, 4.69) is 32.4 Å². The summed E-state index contributed by atoms with van der Waals surface area (Å²) in [6.45, 7) is 2.10. The van der Waals surface area contributed by atoms with E-state index in [1.807, 2.05) is 37.3 Å². The van der Waals surface area contributed by atoms with Gasteiger partial charge in [-0.15, -0.1) is 11.3 Å². The molecule has 3 aromatic heterocycles. The SMILES string of the molecule is CCc1nc(Cc2noc(C(c3cccnc3)N(C)C)n2)cs1. The van der Waals surface area contributed by atoms with Crippen molar-refractivity contribution in [1.82, 2.24) is 25.0 Å². The van der Waals surface area contributed by atoms with Gasteiger partial charge in [0.05, 0.1) is 17.1 Å². The van der Waals surface area contributed by atoms with Crippen LogP contribution in [-0.4, -0.2) is 39.1 Å². The van der Waals surface area contributed by atoms with Crippen LogP contribution in [0.4, 0.5) is 0 Å². The molecule has 0 aliphatic heterocycles. The Bertz CT molecular complexity index is 753. The van der Waals surface area contributed by atoms with Crippen LogP contribution in [0.5, 0.6) is 0 Å². The first-order valence-electron chi connectivity index (χ1n) is 7.49. The molecule has 23 heavy (non-hydrogen) atoms. The maximum Gasteiger partial charge on any atom is 0.248 e. The summed E-state index contributed by atoms with van der Waals surface area (Å²) in [6.07, 6.45) is 5.12. The Hall–Kier alpha value is -2.12. The van der Waals surface area contributed by atoms with Gasteiger partial charge in [-0.1, -0.05) is 18.1 Å². The summed E-state index contributed by atoms with van der Waals surface area (Å²) in [4.78, 5) is 15.3. The molecule has 0 fully saturated rings. The van der Waals surface area contributed by atoms with Gasteiger partial charge in [0.2, 0.25) is 5.89 Å². The Morgan fingerprint density at radius 2 is 2.17 bits per heavy atom. The van der Waals surface area contributed by atoms with Gasteiger partial charge in [0.15, 0.2) is 5.82 Å². The second-order valence-electron chi connectivity index (χ2n) is 5.46. The predicted molar refractivity (Wildman–Crippen MR) is 88.4 cm³/mol. The van der Waals surface area contributed by atoms with E-state index in [4.69, 9.17) is 4.52 Å². The van der Waals surface area contributed by atoms with Crippen LogP contribution in [0, 0.1) is 0 Å². The minimum atomic E-state index is -0.105. The highest BCUT2D eigenvalue weighted by molar-refractivity contribution is 7.09. The van der Waals surface area contributed by atoms with E-state index in [0.717, 1.165) is 22.7 Å². The van der Waals surface area contributed by atoms with Gasteiger partial charge in [-0.05, 0) is 32.1 Å². The molecule has 3 aromatic rings. The highest BCUT2D eigenvalue weighted by Crippen LogP contribution is 2.25. The van der Waals surface area contributed by atoms with E-state index in [-0.39, 0.29) is 6.04 Å². The maximum absolute atomic E-state index is 5.49. The minimum absolute atomic E-state index is 0.105. The van der Waals surface area contributed by atoms with Gasteiger partial charge in [-0.3, -0.25) is 9.88 Å². The van der Waals surface area contributed by atoms with Crippen molar-refractivity contribution in [2.75, 3.05) is 14.1 Å². The highest BCUT2D eigenvalue weighted by atomic mass is 32.1. The van der Waals surface area contributed by atoms with E-state index in [0.29, 0.717) is 18.1 Å². The zero-order chi connectivity index (χ0) is 16.2. The first kappa shape index (κ1) is 15.8. The number of rotatable bonds is 6. The summed E-state index contributed by atoms with van der Waals surface area (Å²) in [5, 5.41) is 7.29. The first-order valence-corrected chi connectivity index (χ1v) is 8.37. The Morgan fingerprint density at radius 3 is 2.83 bits per heavy atom. The fourth-order valence-corrected chi connectivity index (χ4v) is 3.15. The van der Waals surface area contributed by atoms with Gasteiger partial charge in [0.1, 0.15) is 6.04 Å². The van der Waals surface area contributed by atoms with Crippen molar-refractivity contribution < 1.29 is 4.52 Å². The van der Waals surface area contributed by atoms with Crippen LogP contribution in [0.1, 0.15) is 40.9 Å². The van der Waals surface area contributed by atoms with Crippen LogP contribution in [0.15, 0.2) is 34.4 Å². The molecule has 0 amide bonds. The molecule has 7 heteroatoms. The third-order valence-corrected chi connectivity index (χ3v) is 4.52. The number of aryl methyl sites for hydroxylation is 1. The first-order chi connectivity index (χ1) is 11.2. The number of pyridine rings is 1. The second-order valence-corrected chi connectivity index (χ2v) is 6.41. The zero-order valence-electron chi connectivity index (χ0n) is 13.4. The highest BCUT2D eigenvalue weighted by Gasteiger charge is 2.23. The van der Waals surface area contributed by atoms with Gasteiger partial charge in [0.25, 0.3) is 0 Å². The van der Waals surface area contributed by atoms with Crippen LogP contribution in [0.25, 0.3) is 0 Å². The van der Waals surface area contributed by atoms with Gasteiger partial charge >= 0.3 is 0 Å². The molecule has 3 heterocycles. The summed E-state index contributed by atoms with van der Waals surface area (Å²) in [7, 11) is 3.96. The summed E-state index contributed by atoms with van der Waals surface area (Å²) < 4.78 is 5.49. The Labute approximate surface area is 139 Å². The molecule has 0 saturated carbocycles. The normalized spacial score (nSPS) is 12.7. The molecule has 1 unspecified atom stereocenters. The van der Waals surface area contributed by atoms with Crippen molar-refractivity contribution in [2.45, 2.75) is 25.8 Å². The molecule has 0 bridgehead atoms. The quantitative estimate of drug-likeness (QED) is 0.693. The molecule has 0 aromatic carbocycles. The third-order valence-electron chi connectivity index (χ3n) is 3.48. The van der Waals surface area contributed by atoms with Crippen molar-refractivity contribution in [3.05, 3.63) is 57.9 Å². The number of nitrogens with zero attached hydrogens (tertiary/aromatic N) is 5. The lowest BCUT2D eigenvalue weighted by atomic mass is 10.1. The summed E-state index contributed by atoms with van der Waals surface area (Å²) in [5.41, 5.74) is 2.01. The number of aromatic nitrogens is 4. The lowest BCUT2D eigenvalue weighted by molar-refractivity contribution is 0.260. The van der Waals surface area contributed by atoms with Crippen LogP contribution in [0.2, 0.25) is 0 Å². The smallest absolute Gasteiger partial charge is 0.248 e. The average molecular weight is 329 g/mol. The molecule has 0 saturated heterocycles. The molecule has 0 radical (unpaired) electrons. The third kappa shape index (κ3) is 3.62. The van der Waals surface area contributed by atoms with E-state index in [9.17, 15) is 0 Å². The standard InChI is InChI=1S/C16H19N5OS/c1-4-14-18-12(10-23-14)8-13-19-16(22-20-13)15(21(2)3)11-6-5-7-17-9-11/h5-7,9-10,15H,4,8H2,1-3H3. The lowest BCUT2D eigenvalue weighted by Crippen LogP contribution is -2.21. The molecule has 0 aliphatic rings. The lowest BCUT2D eigenvalue weighted by Gasteiger charge is -2.20. The largest absolute Gasteiger partial charge is 0.337 e. The topological polar surface area (TPSA) is 67.9 Å². The average Bonchev–Trinajstić information content (AvgIpc) is 3.18. The molecule has 120 valence electrons. The Balaban J connectivity index is 1.81. The van der Waals surface area contributed by atoms with Gasteiger partial charge in [-0.25, -0.2) is 4.98 Å². The molecule has 0 aliphatic carbocycles. The zero-order valence-corrected chi connectivity index (χ0v) is 14.2. The van der Waals surface area contributed by atoms with Crippen molar-refractivity contribution in [3.63, 3.8) is 0 Å². The van der Waals surface area contributed by atoms with Gasteiger partial charge in [-0.2, -0.15) is 4.98 Å². The molecule has 6 nitrogen and oxygen atoms in total. The molecule has 0 N–H and O–H groups in total. The van der Waals surface area contributed by atoms with E-state index in [1.54, 1.807) is 17.5 Å².